The summed E-state index contributed by atoms with van der Waals surface area (Å²) >= 11 is 0. The van der Waals surface area contributed by atoms with Crippen molar-refractivity contribution in [2.45, 2.75) is 25.3 Å². The molecule has 0 saturated carbocycles. The molecule has 0 aliphatic carbocycles. The van der Waals surface area contributed by atoms with Crippen LogP contribution in [0, 0.1) is 5.92 Å². The van der Waals surface area contributed by atoms with E-state index in [1.165, 1.54) is 24.3 Å². The highest BCUT2D eigenvalue weighted by molar-refractivity contribution is 5.98. The van der Waals surface area contributed by atoms with Gasteiger partial charge in [-0.05, 0) is 55.2 Å². The number of rotatable bonds is 5. The third-order valence-electron chi connectivity index (χ3n) is 7.22. The van der Waals surface area contributed by atoms with Gasteiger partial charge in [0.15, 0.2) is 0 Å². The number of hydrogen-bond acceptors (Lipinski definition) is 5. The van der Waals surface area contributed by atoms with Crippen molar-refractivity contribution in [2.24, 2.45) is 5.92 Å². The zero-order chi connectivity index (χ0) is 26.1. The highest BCUT2D eigenvalue weighted by atomic mass is 16.4. The van der Waals surface area contributed by atoms with E-state index in [4.69, 9.17) is 0 Å². The van der Waals surface area contributed by atoms with Crippen LogP contribution in [0.2, 0.25) is 0 Å². The second-order valence-electron chi connectivity index (χ2n) is 9.36. The molecule has 1 atom stereocenters. The predicted molar refractivity (Wildman–Crippen MR) is 131 cm³/mol. The van der Waals surface area contributed by atoms with Gasteiger partial charge in [-0.25, -0.2) is 14.6 Å². The summed E-state index contributed by atoms with van der Waals surface area (Å²) in [5.74, 6) is -2.59. The lowest BCUT2D eigenvalue weighted by Crippen LogP contribution is -2.47. The zero-order valence-corrected chi connectivity index (χ0v) is 20.0. The lowest BCUT2D eigenvalue weighted by Gasteiger charge is -2.43. The zero-order valence-electron chi connectivity index (χ0n) is 20.0. The Hall–Kier alpha value is -4.47. The van der Waals surface area contributed by atoms with Crippen molar-refractivity contribution >= 4 is 23.8 Å². The minimum atomic E-state index is -1.09. The average Bonchev–Trinajstić information content (AvgIpc) is 3.41. The van der Waals surface area contributed by atoms with Crippen molar-refractivity contribution in [3.05, 3.63) is 88.5 Å². The third kappa shape index (κ3) is 4.69. The van der Waals surface area contributed by atoms with Crippen molar-refractivity contribution in [3.8, 4) is 0 Å². The molecule has 2 aliphatic heterocycles. The highest BCUT2D eigenvalue weighted by Gasteiger charge is 2.40. The number of nitrogens with one attached hydrogen (secondary N) is 1. The number of aromatic amines is 1. The van der Waals surface area contributed by atoms with Crippen molar-refractivity contribution in [1.29, 1.82) is 0 Å². The first-order valence-electron chi connectivity index (χ1n) is 12.1. The van der Waals surface area contributed by atoms with Gasteiger partial charge in [0.1, 0.15) is 0 Å². The van der Waals surface area contributed by atoms with Gasteiger partial charge < -0.3 is 25.0 Å². The number of imidazole rings is 1. The largest absolute Gasteiger partial charge is 0.478 e. The van der Waals surface area contributed by atoms with Crippen LogP contribution >= 0.6 is 0 Å². The first-order chi connectivity index (χ1) is 17.8. The Bertz CT molecular complexity index is 1370. The summed E-state index contributed by atoms with van der Waals surface area (Å²) in [5, 5.41) is 18.6. The molecule has 1 aromatic heterocycles. The minimum Gasteiger partial charge on any atom is -0.478 e. The maximum atomic E-state index is 13.6. The van der Waals surface area contributed by atoms with Crippen molar-refractivity contribution < 1.29 is 29.4 Å². The van der Waals surface area contributed by atoms with E-state index in [0.29, 0.717) is 50.0 Å². The summed E-state index contributed by atoms with van der Waals surface area (Å²) in [6, 6.07) is 11.8. The summed E-state index contributed by atoms with van der Waals surface area (Å²) in [6.07, 6.45) is 3.53. The van der Waals surface area contributed by atoms with Gasteiger partial charge >= 0.3 is 11.9 Å². The molecule has 2 amide bonds. The fourth-order valence-electron chi connectivity index (χ4n) is 5.35. The Morgan fingerprint density at radius 2 is 1.38 bits per heavy atom. The Labute approximate surface area is 212 Å². The standard InChI is InChI=1S/C27H26N4O6/c32-24(17-3-1-5-19(13-17)26(34)35)30-10-7-16(8-11-30)23-22-21(28-15-29-22)9-12-31(23)25(33)18-4-2-6-20(14-18)27(36)37/h1-6,13-16,23H,7-12H2,(H,28,29)(H,34,35)(H,36,37). The van der Waals surface area contributed by atoms with Crippen LogP contribution in [0.25, 0.3) is 0 Å². The molecule has 1 unspecified atom stereocenters. The molecule has 1 saturated heterocycles. The molecule has 3 aromatic rings. The number of carboxylic acids is 2. The van der Waals surface area contributed by atoms with Crippen LogP contribution in [-0.2, 0) is 6.42 Å². The number of H-pyrrole nitrogens is 1. The van der Waals surface area contributed by atoms with Crippen LogP contribution in [0.1, 0.15) is 71.7 Å². The number of likely N-dealkylation sites (tertiary alicyclic amines) is 1. The second-order valence-corrected chi connectivity index (χ2v) is 9.36. The summed E-state index contributed by atoms with van der Waals surface area (Å²) in [5.41, 5.74) is 2.56. The van der Waals surface area contributed by atoms with Crippen LogP contribution in [0.15, 0.2) is 54.9 Å². The lowest BCUT2D eigenvalue weighted by molar-refractivity contribution is 0.0431. The minimum absolute atomic E-state index is 0.0448. The second kappa shape index (κ2) is 9.88. The van der Waals surface area contributed by atoms with E-state index in [1.807, 2.05) is 0 Å². The topological polar surface area (TPSA) is 144 Å². The fourth-order valence-corrected chi connectivity index (χ4v) is 5.35. The van der Waals surface area contributed by atoms with Gasteiger partial charge in [-0.15, -0.1) is 0 Å². The number of carbonyl (C=O) groups excluding carboxylic acids is 2. The van der Waals surface area contributed by atoms with Gasteiger partial charge in [-0.2, -0.15) is 0 Å². The number of carboxylic acid groups (broad SMARTS) is 2. The molecule has 3 N–H and O–H groups in total. The number of nitrogens with zero attached hydrogens (tertiary/aromatic N) is 3. The smallest absolute Gasteiger partial charge is 0.335 e. The first-order valence-corrected chi connectivity index (χ1v) is 12.1. The van der Waals surface area contributed by atoms with E-state index in [-0.39, 0.29) is 34.9 Å². The number of aromatic carboxylic acids is 2. The Balaban J connectivity index is 1.36. The molecule has 3 heterocycles. The number of carbonyl (C=O) groups is 4. The van der Waals surface area contributed by atoms with E-state index in [0.717, 1.165) is 11.4 Å². The van der Waals surface area contributed by atoms with E-state index in [9.17, 15) is 29.4 Å². The summed E-state index contributed by atoms with van der Waals surface area (Å²) in [6.45, 7) is 1.40. The molecular weight excluding hydrogens is 476 g/mol. The molecule has 0 bridgehead atoms. The van der Waals surface area contributed by atoms with E-state index in [1.54, 1.807) is 40.4 Å². The van der Waals surface area contributed by atoms with Crippen molar-refractivity contribution in [3.63, 3.8) is 0 Å². The monoisotopic (exact) mass is 502 g/mol. The molecule has 5 rings (SSSR count). The number of benzene rings is 2. The van der Waals surface area contributed by atoms with Crippen LogP contribution in [0.5, 0.6) is 0 Å². The summed E-state index contributed by atoms with van der Waals surface area (Å²) in [7, 11) is 0. The quantitative estimate of drug-likeness (QED) is 0.486. The fraction of sp³-hybridized carbons (Fsp3) is 0.296. The molecule has 0 spiro atoms. The van der Waals surface area contributed by atoms with Crippen LogP contribution in [-0.4, -0.2) is 73.4 Å². The van der Waals surface area contributed by atoms with Crippen LogP contribution < -0.4 is 0 Å². The van der Waals surface area contributed by atoms with Gasteiger partial charge in [-0.3, -0.25) is 9.59 Å². The Morgan fingerprint density at radius 1 is 0.811 bits per heavy atom. The number of hydrogen-bond donors (Lipinski definition) is 3. The van der Waals surface area contributed by atoms with Crippen LogP contribution in [0.4, 0.5) is 0 Å². The molecule has 2 aliphatic rings. The molecule has 0 radical (unpaired) electrons. The molecular formula is C27H26N4O6. The first kappa shape index (κ1) is 24.2. The highest BCUT2D eigenvalue weighted by Crippen LogP contribution is 2.39. The normalized spacial score (nSPS) is 17.8. The number of aromatic nitrogens is 2. The Kier molecular flexibility index (Phi) is 6.47. The third-order valence-corrected chi connectivity index (χ3v) is 7.22. The number of piperidine rings is 1. The summed E-state index contributed by atoms with van der Waals surface area (Å²) in [4.78, 5) is 60.6. The van der Waals surface area contributed by atoms with Gasteiger partial charge in [-0.1, -0.05) is 12.1 Å². The average molecular weight is 503 g/mol. The number of amides is 2. The van der Waals surface area contributed by atoms with Gasteiger partial charge in [0.25, 0.3) is 11.8 Å². The van der Waals surface area contributed by atoms with Gasteiger partial charge in [0.05, 0.1) is 29.2 Å². The molecule has 10 nitrogen and oxygen atoms in total. The van der Waals surface area contributed by atoms with E-state index < -0.39 is 11.9 Å². The van der Waals surface area contributed by atoms with Crippen molar-refractivity contribution in [2.75, 3.05) is 19.6 Å². The van der Waals surface area contributed by atoms with Crippen LogP contribution in [0.3, 0.4) is 0 Å². The SMILES string of the molecule is O=C(O)c1cccc(C(=O)N2CCC(C3c4nc[nH]c4CCN3C(=O)c3cccc(C(=O)O)c3)CC2)c1. The van der Waals surface area contributed by atoms with Gasteiger partial charge in [0.2, 0.25) is 0 Å². The predicted octanol–water partition coefficient (Wildman–Crippen LogP) is 3.10. The maximum Gasteiger partial charge on any atom is 0.335 e. The molecule has 190 valence electrons. The molecule has 2 aromatic carbocycles. The lowest BCUT2D eigenvalue weighted by atomic mass is 9.83. The van der Waals surface area contributed by atoms with Gasteiger partial charge in [0, 0.05) is 42.9 Å². The molecule has 1 fully saturated rings. The van der Waals surface area contributed by atoms with E-state index >= 15 is 0 Å². The summed E-state index contributed by atoms with van der Waals surface area (Å²) < 4.78 is 0. The maximum absolute atomic E-state index is 13.6. The van der Waals surface area contributed by atoms with Crippen molar-refractivity contribution in [1.82, 2.24) is 19.8 Å². The van der Waals surface area contributed by atoms with E-state index in [2.05, 4.69) is 9.97 Å². The molecule has 10 heteroatoms. The Morgan fingerprint density at radius 3 is 1.97 bits per heavy atom. The number of fused-ring (bicyclic) bond motifs is 1. The molecule has 37 heavy (non-hydrogen) atoms.